The Morgan fingerprint density at radius 1 is 1.08 bits per heavy atom. The maximum atomic E-state index is 12.9. The highest BCUT2D eigenvalue weighted by Crippen LogP contribution is 2.24. The van der Waals surface area contributed by atoms with E-state index in [-0.39, 0.29) is 0 Å². The monoisotopic (exact) mass is 371 g/mol. The second-order valence-electron chi connectivity index (χ2n) is 6.35. The van der Waals surface area contributed by atoms with Crippen molar-refractivity contribution in [1.82, 2.24) is 24.9 Å². The van der Waals surface area contributed by atoms with Crippen LogP contribution in [0.15, 0.2) is 41.6 Å². The summed E-state index contributed by atoms with van der Waals surface area (Å²) in [4.78, 5) is 8.66. The Balaban J connectivity index is 1.86. The van der Waals surface area contributed by atoms with Crippen molar-refractivity contribution >= 4 is 10.0 Å². The number of nitrogens with zero attached hydrogens (tertiary/aromatic N) is 3. The minimum atomic E-state index is -3.69. The van der Waals surface area contributed by atoms with Gasteiger partial charge in [0.1, 0.15) is 5.82 Å². The lowest BCUT2D eigenvalue weighted by Crippen LogP contribution is -2.28. The van der Waals surface area contributed by atoms with E-state index in [1.54, 1.807) is 45.3 Å². The Bertz CT molecular complexity index is 1010. The summed E-state index contributed by atoms with van der Waals surface area (Å²) >= 11 is 0. The molecule has 0 fully saturated rings. The molecule has 0 aliphatic rings. The van der Waals surface area contributed by atoms with E-state index in [1.165, 1.54) is 0 Å². The summed E-state index contributed by atoms with van der Waals surface area (Å²) in [7, 11) is -3.69. The number of aromatic amines is 1. The number of nitrogens with one attached hydrogen (secondary N) is 2. The Labute approximate surface area is 153 Å². The number of pyridine rings is 1. The van der Waals surface area contributed by atoms with E-state index in [0.717, 1.165) is 22.3 Å². The fraction of sp³-hybridized carbons (Fsp3) is 0.278. The van der Waals surface area contributed by atoms with Crippen LogP contribution in [0.25, 0.3) is 11.4 Å². The molecule has 0 spiro atoms. The van der Waals surface area contributed by atoms with Crippen LogP contribution in [-0.4, -0.2) is 28.6 Å². The average molecular weight is 371 g/mol. The molecule has 0 radical (unpaired) electrons. The molecule has 8 heteroatoms. The van der Waals surface area contributed by atoms with Crippen molar-refractivity contribution in [3.8, 4) is 11.4 Å². The van der Waals surface area contributed by atoms with Crippen LogP contribution in [0.1, 0.15) is 35.5 Å². The molecule has 0 amide bonds. The van der Waals surface area contributed by atoms with Gasteiger partial charge in [0.15, 0.2) is 5.82 Å². The second kappa shape index (κ2) is 6.97. The van der Waals surface area contributed by atoms with Gasteiger partial charge in [-0.3, -0.25) is 10.1 Å². The van der Waals surface area contributed by atoms with Gasteiger partial charge in [-0.2, -0.15) is 5.10 Å². The third-order valence-corrected chi connectivity index (χ3v) is 5.90. The highest BCUT2D eigenvalue weighted by molar-refractivity contribution is 7.89. The topological polar surface area (TPSA) is 101 Å². The molecule has 136 valence electrons. The highest BCUT2D eigenvalue weighted by Gasteiger charge is 2.24. The van der Waals surface area contributed by atoms with E-state index in [2.05, 4.69) is 24.9 Å². The van der Waals surface area contributed by atoms with Gasteiger partial charge >= 0.3 is 0 Å². The molecule has 0 saturated carbocycles. The van der Waals surface area contributed by atoms with Crippen LogP contribution < -0.4 is 4.72 Å². The number of hydrogen-bond acceptors (Lipinski definition) is 5. The zero-order chi connectivity index (χ0) is 18.9. The van der Waals surface area contributed by atoms with Crippen molar-refractivity contribution in [2.24, 2.45) is 0 Å². The fourth-order valence-electron chi connectivity index (χ4n) is 3.04. The van der Waals surface area contributed by atoms with E-state index >= 15 is 0 Å². The predicted molar refractivity (Wildman–Crippen MR) is 99.0 cm³/mol. The normalized spacial score (nSPS) is 12.9. The summed E-state index contributed by atoms with van der Waals surface area (Å²) < 4.78 is 28.4. The van der Waals surface area contributed by atoms with Gasteiger partial charge in [0.05, 0.1) is 10.9 Å². The lowest BCUT2D eigenvalue weighted by atomic mass is 10.1. The SMILES string of the molecule is Cc1cc(C)c(S(=O)(=O)N[C@@H](C)c2nc(-c3ccncc3)n[nH]2)c(C)c1. The first-order chi connectivity index (χ1) is 12.3. The minimum absolute atomic E-state index is 0.309. The maximum Gasteiger partial charge on any atom is 0.241 e. The van der Waals surface area contributed by atoms with Gasteiger partial charge < -0.3 is 0 Å². The molecule has 0 unspecified atom stereocenters. The number of hydrogen-bond donors (Lipinski definition) is 2. The van der Waals surface area contributed by atoms with Crippen LogP contribution in [0.5, 0.6) is 0 Å². The van der Waals surface area contributed by atoms with Crippen molar-refractivity contribution in [3.63, 3.8) is 0 Å². The van der Waals surface area contributed by atoms with E-state index < -0.39 is 16.1 Å². The first kappa shape index (κ1) is 18.2. The third kappa shape index (κ3) is 3.66. The molecule has 0 saturated heterocycles. The largest absolute Gasteiger partial charge is 0.265 e. The Kier molecular flexibility index (Phi) is 4.88. The molecule has 1 aromatic carbocycles. The standard InChI is InChI=1S/C18H21N5O2S/c1-11-9-12(2)16(13(3)10-11)26(24,25)23-14(4)17-20-18(22-21-17)15-5-7-19-8-6-15/h5-10,14,23H,1-4H3,(H,20,21,22)/t14-/m0/s1. The third-order valence-electron chi connectivity index (χ3n) is 4.06. The number of aryl methyl sites for hydroxylation is 3. The molecule has 26 heavy (non-hydrogen) atoms. The molecule has 2 aromatic heterocycles. The van der Waals surface area contributed by atoms with Crippen molar-refractivity contribution in [3.05, 3.63) is 59.2 Å². The molecule has 0 aliphatic heterocycles. The number of rotatable bonds is 5. The van der Waals surface area contributed by atoms with Crippen LogP contribution in [0.2, 0.25) is 0 Å². The van der Waals surface area contributed by atoms with E-state index in [0.29, 0.717) is 16.5 Å². The van der Waals surface area contributed by atoms with Crippen molar-refractivity contribution < 1.29 is 8.42 Å². The summed E-state index contributed by atoms with van der Waals surface area (Å²) in [5.74, 6) is 0.943. The number of sulfonamides is 1. The highest BCUT2D eigenvalue weighted by atomic mass is 32.2. The molecular formula is C18H21N5O2S. The van der Waals surface area contributed by atoms with E-state index in [9.17, 15) is 8.42 Å². The van der Waals surface area contributed by atoms with Gasteiger partial charge in [0.2, 0.25) is 10.0 Å². The molecule has 3 aromatic rings. The van der Waals surface area contributed by atoms with Crippen molar-refractivity contribution in [2.75, 3.05) is 0 Å². The van der Waals surface area contributed by atoms with Gasteiger partial charge in [-0.05, 0) is 51.0 Å². The first-order valence-corrected chi connectivity index (χ1v) is 9.69. The van der Waals surface area contributed by atoms with Crippen LogP contribution in [0.3, 0.4) is 0 Å². The average Bonchev–Trinajstić information content (AvgIpc) is 3.04. The number of H-pyrrole nitrogens is 1. The fourth-order valence-corrected chi connectivity index (χ4v) is 4.70. The van der Waals surface area contributed by atoms with Crippen molar-refractivity contribution in [2.45, 2.75) is 38.6 Å². The quantitative estimate of drug-likeness (QED) is 0.718. The summed E-state index contributed by atoms with van der Waals surface area (Å²) in [6, 6.07) is 6.76. The maximum absolute atomic E-state index is 12.9. The van der Waals surface area contributed by atoms with Gasteiger partial charge in [-0.25, -0.2) is 18.1 Å². The Morgan fingerprint density at radius 2 is 1.69 bits per heavy atom. The molecule has 1 atom stereocenters. The minimum Gasteiger partial charge on any atom is -0.265 e. The summed E-state index contributed by atoms with van der Waals surface area (Å²) in [6.45, 7) is 7.28. The molecular weight excluding hydrogens is 350 g/mol. The summed E-state index contributed by atoms with van der Waals surface area (Å²) in [6.07, 6.45) is 3.31. The lowest BCUT2D eigenvalue weighted by Gasteiger charge is -2.16. The van der Waals surface area contributed by atoms with Crippen LogP contribution >= 0.6 is 0 Å². The predicted octanol–water partition coefficient (Wildman–Crippen LogP) is 2.83. The number of benzene rings is 1. The van der Waals surface area contributed by atoms with Crippen LogP contribution in [0, 0.1) is 20.8 Å². The first-order valence-electron chi connectivity index (χ1n) is 8.21. The van der Waals surface area contributed by atoms with E-state index in [1.807, 2.05) is 19.1 Å². The molecule has 7 nitrogen and oxygen atoms in total. The summed E-state index contributed by atoms with van der Waals surface area (Å²) in [5.41, 5.74) is 3.28. The van der Waals surface area contributed by atoms with Gasteiger partial charge in [0.25, 0.3) is 0 Å². The zero-order valence-corrected chi connectivity index (χ0v) is 15.9. The zero-order valence-electron chi connectivity index (χ0n) is 15.1. The van der Waals surface area contributed by atoms with Gasteiger partial charge in [0, 0.05) is 18.0 Å². The van der Waals surface area contributed by atoms with Gasteiger partial charge in [-0.15, -0.1) is 0 Å². The number of aromatic nitrogens is 4. The molecule has 2 heterocycles. The van der Waals surface area contributed by atoms with Crippen LogP contribution in [-0.2, 0) is 10.0 Å². The summed E-state index contributed by atoms with van der Waals surface area (Å²) in [5, 5.41) is 6.97. The molecule has 0 aliphatic carbocycles. The lowest BCUT2D eigenvalue weighted by molar-refractivity contribution is 0.559. The Morgan fingerprint density at radius 3 is 2.31 bits per heavy atom. The van der Waals surface area contributed by atoms with Crippen LogP contribution in [0.4, 0.5) is 0 Å². The molecule has 0 bridgehead atoms. The molecule has 2 N–H and O–H groups in total. The molecule has 3 rings (SSSR count). The van der Waals surface area contributed by atoms with Gasteiger partial charge in [-0.1, -0.05) is 17.7 Å². The van der Waals surface area contributed by atoms with E-state index in [4.69, 9.17) is 0 Å². The Hall–Kier alpha value is -2.58. The van der Waals surface area contributed by atoms with Crippen molar-refractivity contribution in [1.29, 1.82) is 0 Å². The smallest absolute Gasteiger partial charge is 0.241 e. The second-order valence-corrected chi connectivity index (χ2v) is 8.00.